The van der Waals surface area contributed by atoms with Gasteiger partial charge in [0.15, 0.2) is 0 Å². The molecule has 0 fully saturated rings. The van der Waals surface area contributed by atoms with Crippen LogP contribution in [-0.4, -0.2) is 23.1 Å². The highest BCUT2D eigenvalue weighted by Gasteiger charge is 2.02. The summed E-state index contributed by atoms with van der Waals surface area (Å²) in [5.74, 6) is 6.07. The first-order valence-corrected chi connectivity index (χ1v) is 5.58. The second kappa shape index (κ2) is 7.36. The predicted molar refractivity (Wildman–Crippen MR) is 70.7 cm³/mol. The monoisotopic (exact) mass is 248 g/mol. The second-order valence-corrected chi connectivity index (χ2v) is 3.50. The van der Waals surface area contributed by atoms with E-state index in [4.69, 9.17) is 5.21 Å². The van der Waals surface area contributed by atoms with Gasteiger partial charge in [-0.2, -0.15) is 12.6 Å². The number of oxime groups is 1. The van der Waals surface area contributed by atoms with Gasteiger partial charge in [-0.3, -0.25) is 4.79 Å². The van der Waals surface area contributed by atoms with E-state index < -0.39 is 5.91 Å². The maximum atomic E-state index is 11.2. The molecule has 5 heteroatoms. The molecule has 1 amide bonds. The Balaban J connectivity index is 2.85. The van der Waals surface area contributed by atoms with Crippen LogP contribution in [0, 0.1) is 11.8 Å². The molecule has 1 aromatic carbocycles. The molecule has 0 atom stereocenters. The van der Waals surface area contributed by atoms with Crippen molar-refractivity contribution in [3.05, 3.63) is 29.8 Å². The molecular formula is C12H12N2O2S. The first-order valence-electron chi connectivity index (χ1n) is 4.95. The minimum atomic E-state index is -0.504. The third-order valence-electron chi connectivity index (χ3n) is 1.82. The lowest BCUT2D eigenvalue weighted by Crippen LogP contribution is -2.13. The van der Waals surface area contributed by atoms with E-state index >= 15 is 0 Å². The molecular weight excluding hydrogens is 236 g/mol. The topological polar surface area (TPSA) is 61.7 Å². The quantitative estimate of drug-likeness (QED) is 0.251. The van der Waals surface area contributed by atoms with Gasteiger partial charge in [0.1, 0.15) is 6.21 Å². The molecule has 4 nitrogen and oxygen atoms in total. The van der Waals surface area contributed by atoms with Crippen molar-refractivity contribution in [2.75, 3.05) is 11.1 Å². The maximum Gasteiger partial charge on any atom is 0.270 e. The Morgan fingerprint density at radius 3 is 3.00 bits per heavy atom. The van der Waals surface area contributed by atoms with E-state index in [0.717, 1.165) is 6.21 Å². The van der Waals surface area contributed by atoms with E-state index in [9.17, 15) is 4.79 Å². The SMILES string of the molecule is O=C(C=NO)Nc1ccccc1C#CCCS. The number of carbonyl (C=O) groups excluding carboxylic acids is 1. The zero-order valence-corrected chi connectivity index (χ0v) is 9.95. The highest BCUT2D eigenvalue weighted by molar-refractivity contribution is 7.80. The Hall–Kier alpha value is -1.93. The number of carbonyl (C=O) groups is 1. The fourth-order valence-corrected chi connectivity index (χ4v) is 1.24. The summed E-state index contributed by atoms with van der Waals surface area (Å²) >= 11 is 4.06. The van der Waals surface area contributed by atoms with Crippen LogP contribution in [0.4, 0.5) is 5.69 Å². The van der Waals surface area contributed by atoms with Gasteiger partial charge in [-0.15, -0.1) is 0 Å². The molecule has 1 aromatic rings. The minimum absolute atomic E-state index is 0.504. The molecule has 0 aliphatic rings. The molecule has 0 spiro atoms. The number of nitrogens with zero attached hydrogens (tertiary/aromatic N) is 1. The molecule has 17 heavy (non-hydrogen) atoms. The molecule has 0 saturated carbocycles. The van der Waals surface area contributed by atoms with Gasteiger partial charge < -0.3 is 10.5 Å². The van der Waals surface area contributed by atoms with E-state index in [2.05, 4.69) is 34.9 Å². The van der Waals surface area contributed by atoms with E-state index in [0.29, 0.717) is 23.4 Å². The van der Waals surface area contributed by atoms with Crippen LogP contribution in [0.25, 0.3) is 0 Å². The van der Waals surface area contributed by atoms with Crippen LogP contribution in [0.5, 0.6) is 0 Å². The molecule has 1 rings (SSSR count). The van der Waals surface area contributed by atoms with Crippen LogP contribution in [0.3, 0.4) is 0 Å². The molecule has 88 valence electrons. The summed E-state index contributed by atoms with van der Waals surface area (Å²) in [6, 6.07) is 7.15. The average molecular weight is 248 g/mol. The Labute approximate surface area is 105 Å². The van der Waals surface area contributed by atoms with Gasteiger partial charge in [0.2, 0.25) is 0 Å². The zero-order valence-electron chi connectivity index (χ0n) is 9.05. The van der Waals surface area contributed by atoms with Crippen molar-refractivity contribution < 1.29 is 10.0 Å². The largest absolute Gasteiger partial charge is 0.411 e. The number of hydrogen-bond acceptors (Lipinski definition) is 4. The van der Waals surface area contributed by atoms with Gasteiger partial charge in [-0.25, -0.2) is 0 Å². The molecule has 0 aromatic heterocycles. The highest BCUT2D eigenvalue weighted by Crippen LogP contribution is 2.13. The smallest absolute Gasteiger partial charge is 0.270 e. The normalized spacial score (nSPS) is 9.71. The van der Waals surface area contributed by atoms with Gasteiger partial charge in [0.25, 0.3) is 5.91 Å². The Morgan fingerprint density at radius 1 is 1.53 bits per heavy atom. The Kier molecular flexibility index (Phi) is 5.69. The number of rotatable bonds is 3. The van der Waals surface area contributed by atoms with Crippen LogP contribution in [0.2, 0.25) is 0 Å². The molecule has 0 unspecified atom stereocenters. The third-order valence-corrected chi connectivity index (χ3v) is 2.04. The first kappa shape index (κ1) is 13.1. The number of amides is 1. The van der Waals surface area contributed by atoms with Gasteiger partial charge >= 0.3 is 0 Å². The van der Waals surface area contributed by atoms with Crippen LogP contribution in [0.15, 0.2) is 29.4 Å². The van der Waals surface area contributed by atoms with Crippen molar-refractivity contribution in [2.24, 2.45) is 5.16 Å². The fraction of sp³-hybridized carbons (Fsp3) is 0.167. The van der Waals surface area contributed by atoms with Gasteiger partial charge in [0, 0.05) is 17.7 Å². The molecule has 2 N–H and O–H groups in total. The van der Waals surface area contributed by atoms with Crippen LogP contribution in [0.1, 0.15) is 12.0 Å². The number of nitrogens with one attached hydrogen (secondary N) is 1. The number of hydrogen-bond donors (Lipinski definition) is 3. The zero-order chi connectivity index (χ0) is 12.5. The summed E-state index contributed by atoms with van der Waals surface area (Å²) in [5, 5.41) is 13.5. The maximum absolute atomic E-state index is 11.2. The van der Waals surface area contributed by atoms with Gasteiger partial charge in [-0.05, 0) is 12.1 Å². The van der Waals surface area contributed by atoms with Crippen molar-refractivity contribution in [3.63, 3.8) is 0 Å². The summed E-state index contributed by atoms with van der Waals surface area (Å²) in [7, 11) is 0. The first-order chi connectivity index (χ1) is 8.27. The fourth-order valence-electron chi connectivity index (χ4n) is 1.13. The minimum Gasteiger partial charge on any atom is -0.411 e. The van der Waals surface area contributed by atoms with Crippen molar-refractivity contribution in [1.82, 2.24) is 0 Å². The lowest BCUT2D eigenvalue weighted by atomic mass is 10.2. The summed E-state index contributed by atoms with van der Waals surface area (Å²) in [6.07, 6.45) is 1.47. The number of thiol groups is 1. The van der Waals surface area contributed by atoms with E-state index in [1.54, 1.807) is 18.2 Å². The number of benzene rings is 1. The lowest BCUT2D eigenvalue weighted by molar-refractivity contribution is -0.110. The van der Waals surface area contributed by atoms with Gasteiger partial charge in [0.05, 0.1) is 5.69 Å². The molecule has 0 radical (unpaired) electrons. The summed E-state index contributed by atoms with van der Waals surface area (Å²) in [6.45, 7) is 0. The molecule has 0 bridgehead atoms. The van der Waals surface area contributed by atoms with Crippen LogP contribution >= 0.6 is 12.6 Å². The number of para-hydroxylation sites is 1. The van der Waals surface area contributed by atoms with E-state index in [1.165, 1.54) is 0 Å². The lowest BCUT2D eigenvalue weighted by Gasteiger charge is -2.03. The van der Waals surface area contributed by atoms with Crippen molar-refractivity contribution in [2.45, 2.75) is 6.42 Å². The van der Waals surface area contributed by atoms with Crippen molar-refractivity contribution in [3.8, 4) is 11.8 Å². The Morgan fingerprint density at radius 2 is 2.29 bits per heavy atom. The third kappa shape index (κ3) is 4.62. The summed E-state index contributed by atoms with van der Waals surface area (Å²) in [5.41, 5.74) is 1.30. The standard InChI is InChI=1S/C12H12N2O2S/c15-12(9-13-16)14-11-7-2-1-5-10(11)6-3-4-8-17/h1-2,5,7,9,16-17H,4,8H2,(H,14,15). The number of anilines is 1. The van der Waals surface area contributed by atoms with E-state index in [1.807, 2.05) is 6.07 Å². The van der Waals surface area contributed by atoms with Crippen LogP contribution < -0.4 is 5.32 Å². The molecule has 0 saturated heterocycles. The van der Waals surface area contributed by atoms with Crippen molar-refractivity contribution in [1.29, 1.82) is 0 Å². The van der Waals surface area contributed by atoms with Crippen molar-refractivity contribution >= 4 is 30.4 Å². The summed E-state index contributed by atoms with van der Waals surface area (Å²) in [4.78, 5) is 11.2. The predicted octanol–water partition coefficient (Wildman–Crippen LogP) is 1.76. The highest BCUT2D eigenvalue weighted by atomic mass is 32.1. The van der Waals surface area contributed by atoms with E-state index in [-0.39, 0.29) is 0 Å². The van der Waals surface area contributed by atoms with Gasteiger partial charge in [-0.1, -0.05) is 29.1 Å². The summed E-state index contributed by atoms with van der Waals surface area (Å²) < 4.78 is 0. The molecule has 0 aliphatic heterocycles. The average Bonchev–Trinajstić information content (AvgIpc) is 2.32. The molecule has 0 heterocycles. The Bertz CT molecular complexity index is 475. The van der Waals surface area contributed by atoms with Crippen LogP contribution in [-0.2, 0) is 4.79 Å². The second-order valence-electron chi connectivity index (χ2n) is 3.05. The molecule has 0 aliphatic carbocycles.